The Balaban J connectivity index is 1.76. The van der Waals surface area contributed by atoms with E-state index >= 15 is 0 Å². The molecule has 4 heteroatoms. The molecule has 1 aliphatic heterocycles. The molecule has 0 unspecified atom stereocenters. The molecule has 3 rings (SSSR count). The normalized spacial score (nSPS) is 25.2. The minimum Gasteiger partial charge on any atom is -0.394 e. The average Bonchev–Trinajstić information content (AvgIpc) is 2.55. The summed E-state index contributed by atoms with van der Waals surface area (Å²) in [4.78, 5) is 14.2. The van der Waals surface area contributed by atoms with Crippen LogP contribution in [0.1, 0.15) is 56.1 Å². The molecule has 1 aromatic carbocycles. The smallest absolute Gasteiger partial charge is 0.227 e. The van der Waals surface area contributed by atoms with Gasteiger partial charge in [-0.2, -0.15) is 5.26 Å². The minimum atomic E-state index is -0.484. The van der Waals surface area contributed by atoms with Crippen LogP contribution < -0.4 is 0 Å². The number of rotatable bonds is 4. The van der Waals surface area contributed by atoms with E-state index in [0.29, 0.717) is 0 Å². The van der Waals surface area contributed by atoms with Crippen LogP contribution in [0.25, 0.3) is 0 Å². The minimum absolute atomic E-state index is 0.0372. The van der Waals surface area contributed by atoms with Gasteiger partial charge in [-0.25, -0.2) is 0 Å². The first-order valence-electron chi connectivity index (χ1n) is 9.12. The molecule has 1 saturated carbocycles. The number of benzene rings is 1. The molecule has 1 N–H and O–H groups in total. The van der Waals surface area contributed by atoms with Gasteiger partial charge in [0.2, 0.25) is 5.91 Å². The summed E-state index contributed by atoms with van der Waals surface area (Å²) in [5.41, 5.74) is 1.94. The Labute approximate surface area is 149 Å². The first-order chi connectivity index (χ1) is 12.2. The van der Waals surface area contributed by atoms with Crippen molar-refractivity contribution in [2.24, 2.45) is 5.92 Å². The molecule has 4 nitrogen and oxygen atoms in total. The number of nitrogens with zero attached hydrogens (tertiary/aromatic N) is 2. The zero-order valence-corrected chi connectivity index (χ0v) is 14.6. The molecule has 1 amide bonds. The highest BCUT2D eigenvalue weighted by Crippen LogP contribution is 2.43. The summed E-state index contributed by atoms with van der Waals surface area (Å²) in [6.45, 7) is 1.99. The van der Waals surface area contributed by atoms with Gasteiger partial charge in [-0.05, 0) is 37.0 Å². The predicted molar refractivity (Wildman–Crippen MR) is 95.4 cm³/mol. The first kappa shape index (κ1) is 17.5. The van der Waals surface area contributed by atoms with E-state index in [4.69, 9.17) is 0 Å². The number of hydrogen-bond acceptors (Lipinski definition) is 3. The summed E-state index contributed by atoms with van der Waals surface area (Å²) in [6, 6.07) is 9.34. The van der Waals surface area contributed by atoms with Crippen molar-refractivity contribution in [3.05, 3.63) is 35.4 Å². The van der Waals surface area contributed by atoms with Crippen molar-refractivity contribution < 1.29 is 9.90 Å². The van der Waals surface area contributed by atoms with Crippen LogP contribution in [-0.2, 0) is 4.79 Å². The second-order valence-corrected chi connectivity index (χ2v) is 6.90. The number of likely N-dealkylation sites (tertiary alicyclic amines) is 1. The lowest BCUT2D eigenvalue weighted by molar-refractivity contribution is -0.154. The molecule has 1 aliphatic carbocycles. The number of hydrogen-bond donors (Lipinski definition) is 1. The lowest BCUT2D eigenvalue weighted by Crippen LogP contribution is -2.66. The maximum atomic E-state index is 12.6. The second-order valence-electron chi connectivity index (χ2n) is 6.90. The van der Waals surface area contributed by atoms with Crippen molar-refractivity contribution >= 4 is 5.91 Å². The summed E-state index contributed by atoms with van der Waals surface area (Å²) < 4.78 is 0. The molecule has 1 aromatic rings. The maximum absolute atomic E-state index is 12.6. The highest BCUT2D eigenvalue weighted by Gasteiger charge is 2.53. The summed E-state index contributed by atoms with van der Waals surface area (Å²) in [5, 5.41) is 19.4. The Hall–Kier alpha value is -2.30. The summed E-state index contributed by atoms with van der Waals surface area (Å²) in [7, 11) is 0. The molecular formula is C21H24N2O2. The van der Waals surface area contributed by atoms with Crippen LogP contribution in [-0.4, -0.2) is 34.6 Å². The van der Waals surface area contributed by atoms with Gasteiger partial charge in [0.15, 0.2) is 0 Å². The van der Waals surface area contributed by atoms with Crippen LogP contribution >= 0.6 is 0 Å². The number of amides is 1. The van der Waals surface area contributed by atoms with E-state index in [2.05, 4.69) is 24.8 Å². The molecule has 1 saturated heterocycles. The van der Waals surface area contributed by atoms with E-state index < -0.39 is 6.04 Å². The fraction of sp³-hybridized carbons (Fsp3) is 0.524. The van der Waals surface area contributed by atoms with Gasteiger partial charge in [-0.1, -0.05) is 37.3 Å². The van der Waals surface area contributed by atoms with Gasteiger partial charge >= 0.3 is 0 Å². The quantitative estimate of drug-likeness (QED) is 0.860. The Morgan fingerprint density at radius 1 is 1.32 bits per heavy atom. The molecule has 0 spiro atoms. The van der Waals surface area contributed by atoms with Crippen LogP contribution in [0.2, 0.25) is 0 Å². The highest BCUT2D eigenvalue weighted by molar-refractivity contribution is 5.82. The third-order valence-corrected chi connectivity index (χ3v) is 5.34. The third-order valence-electron chi connectivity index (χ3n) is 5.34. The van der Waals surface area contributed by atoms with Crippen molar-refractivity contribution in [1.82, 2.24) is 4.90 Å². The van der Waals surface area contributed by atoms with E-state index in [1.165, 1.54) is 0 Å². The second kappa shape index (κ2) is 7.72. The Morgan fingerprint density at radius 3 is 2.56 bits per heavy atom. The van der Waals surface area contributed by atoms with Gasteiger partial charge < -0.3 is 10.0 Å². The van der Waals surface area contributed by atoms with Crippen molar-refractivity contribution in [3.8, 4) is 17.9 Å². The van der Waals surface area contributed by atoms with Gasteiger partial charge in [-0.15, -0.1) is 0 Å². The van der Waals surface area contributed by atoms with Crippen LogP contribution in [0.4, 0.5) is 0 Å². The largest absolute Gasteiger partial charge is 0.394 e. The van der Waals surface area contributed by atoms with E-state index in [9.17, 15) is 15.2 Å². The average molecular weight is 336 g/mol. The fourth-order valence-electron chi connectivity index (χ4n) is 3.65. The van der Waals surface area contributed by atoms with E-state index in [0.717, 1.165) is 43.2 Å². The van der Waals surface area contributed by atoms with E-state index in [1.807, 2.05) is 24.3 Å². The fourth-order valence-corrected chi connectivity index (χ4v) is 3.65. The summed E-state index contributed by atoms with van der Waals surface area (Å²) >= 11 is 0. The van der Waals surface area contributed by atoms with Gasteiger partial charge in [0.25, 0.3) is 0 Å². The van der Waals surface area contributed by atoms with E-state index in [-0.39, 0.29) is 30.4 Å². The Kier molecular flexibility index (Phi) is 5.41. The molecule has 2 aliphatic rings. The van der Waals surface area contributed by atoms with Crippen molar-refractivity contribution in [3.63, 3.8) is 0 Å². The van der Waals surface area contributed by atoms with Crippen molar-refractivity contribution in [1.29, 1.82) is 5.26 Å². The highest BCUT2D eigenvalue weighted by atomic mass is 16.3. The molecule has 3 atom stereocenters. The zero-order chi connectivity index (χ0) is 17.8. The number of aliphatic hydroxyl groups is 1. The summed E-state index contributed by atoms with van der Waals surface area (Å²) in [6.07, 6.45) is 4.81. The van der Waals surface area contributed by atoms with Crippen LogP contribution in [0.15, 0.2) is 24.3 Å². The monoisotopic (exact) mass is 336 g/mol. The maximum Gasteiger partial charge on any atom is 0.227 e. The predicted octanol–water partition coefficient (Wildman–Crippen LogP) is 2.82. The third kappa shape index (κ3) is 3.28. The summed E-state index contributed by atoms with van der Waals surface area (Å²) in [5.74, 6) is 6.20. The number of carbonyl (C=O) groups excluding carboxylic acids is 1. The molecule has 1 heterocycles. The standard InChI is InChI=1S/C21H24N2O2/c1-2-3-4-6-15-9-11-16(12-10-15)20-18(13-22)23(19(20)14-24)21(25)17-7-5-8-17/h9-12,17-20,24H,2-3,5,7-8,14H2,1H3/t18-,19-,20-/m0/s1. The first-order valence-corrected chi connectivity index (χ1v) is 9.12. The van der Waals surface area contributed by atoms with Crippen LogP contribution in [0.5, 0.6) is 0 Å². The molecule has 0 bridgehead atoms. The van der Waals surface area contributed by atoms with E-state index in [1.54, 1.807) is 4.90 Å². The van der Waals surface area contributed by atoms with Crippen LogP contribution in [0, 0.1) is 29.1 Å². The number of carbonyl (C=O) groups is 1. The van der Waals surface area contributed by atoms with Crippen molar-refractivity contribution in [2.45, 2.75) is 57.0 Å². The van der Waals surface area contributed by atoms with Crippen LogP contribution in [0.3, 0.4) is 0 Å². The molecule has 2 fully saturated rings. The molecule has 25 heavy (non-hydrogen) atoms. The number of aliphatic hydroxyl groups excluding tert-OH is 1. The SMILES string of the molecule is CCCC#Cc1ccc([C@H]2[C@H](C#N)N(C(=O)C3CCC3)[C@H]2CO)cc1. The van der Waals surface area contributed by atoms with Gasteiger partial charge in [0.05, 0.1) is 18.7 Å². The lowest BCUT2D eigenvalue weighted by atomic mass is 9.73. The molecule has 0 radical (unpaired) electrons. The van der Waals surface area contributed by atoms with Gasteiger partial charge in [0.1, 0.15) is 6.04 Å². The van der Waals surface area contributed by atoms with Gasteiger partial charge in [-0.3, -0.25) is 4.79 Å². The Bertz CT molecular complexity index is 719. The molecule has 130 valence electrons. The lowest BCUT2D eigenvalue weighted by Gasteiger charge is -2.53. The zero-order valence-electron chi connectivity index (χ0n) is 14.6. The molecular weight excluding hydrogens is 312 g/mol. The number of nitriles is 1. The van der Waals surface area contributed by atoms with Crippen molar-refractivity contribution in [2.75, 3.05) is 6.61 Å². The number of unbranched alkanes of at least 4 members (excludes halogenated alkanes) is 1. The molecule has 0 aromatic heterocycles. The topological polar surface area (TPSA) is 64.3 Å². The van der Waals surface area contributed by atoms with Gasteiger partial charge in [0, 0.05) is 23.8 Å². The Morgan fingerprint density at radius 2 is 2.04 bits per heavy atom.